The molecule has 3 rings (SSSR count). The maximum absolute atomic E-state index is 13.8. The zero-order chi connectivity index (χ0) is 17.3. The van der Waals surface area contributed by atoms with Crippen LogP contribution in [0.2, 0.25) is 0 Å². The van der Waals surface area contributed by atoms with Gasteiger partial charge >= 0.3 is 0 Å². The highest BCUT2D eigenvalue weighted by molar-refractivity contribution is 7.99. The number of hydrogen-bond donors (Lipinski definition) is 1. The molecule has 1 aromatic carbocycles. The summed E-state index contributed by atoms with van der Waals surface area (Å²) in [6.07, 6.45) is 1.93. The van der Waals surface area contributed by atoms with Crippen LogP contribution < -0.4 is 5.73 Å². The van der Waals surface area contributed by atoms with Crippen LogP contribution >= 0.6 is 11.8 Å². The number of hydrogen-bond acceptors (Lipinski definition) is 5. The van der Waals surface area contributed by atoms with Crippen LogP contribution in [0.1, 0.15) is 11.5 Å². The highest BCUT2D eigenvalue weighted by Gasteiger charge is 2.53. The average Bonchev–Trinajstić information content (AvgIpc) is 2.61. The lowest BCUT2D eigenvalue weighted by Crippen LogP contribution is -2.43. The van der Waals surface area contributed by atoms with E-state index in [4.69, 9.17) is 5.73 Å². The van der Waals surface area contributed by atoms with E-state index in [1.54, 1.807) is 23.9 Å². The minimum Gasteiger partial charge on any atom is -0.399 e. The minimum atomic E-state index is -1.68. The molecule has 0 aromatic heterocycles. The number of allylic oxidation sites excluding steroid dienone is 3. The third-order valence-corrected chi connectivity index (χ3v) is 5.64. The van der Waals surface area contributed by atoms with Gasteiger partial charge in [0.25, 0.3) is 0 Å². The van der Waals surface area contributed by atoms with Gasteiger partial charge in [0.1, 0.15) is 11.9 Å². The molecular weight excluding hydrogens is 323 g/mol. The van der Waals surface area contributed by atoms with Gasteiger partial charge in [-0.25, -0.2) is 4.39 Å². The van der Waals surface area contributed by atoms with Gasteiger partial charge in [-0.2, -0.15) is 27.5 Å². The summed E-state index contributed by atoms with van der Waals surface area (Å²) >= 11 is 1.66. The van der Waals surface area contributed by atoms with E-state index in [2.05, 4.69) is 6.07 Å². The quantitative estimate of drug-likeness (QED) is 0.850. The highest BCUT2D eigenvalue weighted by atomic mass is 32.2. The number of nitriles is 3. The first kappa shape index (κ1) is 16.1. The monoisotopic (exact) mass is 336 g/mol. The fraction of sp³-hybridized carbons (Fsp3) is 0.278. The molecule has 0 saturated heterocycles. The Balaban J connectivity index is 2.34. The molecule has 0 spiro atoms. The second-order valence-corrected chi connectivity index (χ2v) is 6.84. The first-order valence-electron chi connectivity index (χ1n) is 7.35. The summed E-state index contributed by atoms with van der Waals surface area (Å²) in [5.41, 5.74) is 5.96. The molecule has 0 unspecified atom stereocenters. The predicted molar refractivity (Wildman–Crippen MR) is 88.5 cm³/mol. The van der Waals surface area contributed by atoms with Gasteiger partial charge in [-0.05, 0) is 23.3 Å². The maximum atomic E-state index is 13.8. The van der Waals surface area contributed by atoms with Crippen molar-refractivity contribution in [1.29, 1.82) is 15.8 Å². The molecule has 0 saturated carbocycles. The topological polar surface area (TPSA) is 97.4 Å². The molecule has 6 heteroatoms. The van der Waals surface area contributed by atoms with Crippen molar-refractivity contribution in [3.63, 3.8) is 0 Å². The third-order valence-electron chi connectivity index (χ3n) is 4.64. The molecule has 2 aliphatic rings. The molecule has 1 aliphatic heterocycles. The van der Waals surface area contributed by atoms with Gasteiger partial charge in [-0.3, -0.25) is 0 Å². The summed E-state index contributed by atoms with van der Waals surface area (Å²) in [4.78, 5) is 0. The lowest BCUT2D eigenvalue weighted by molar-refractivity contribution is 0.367. The molecule has 1 aliphatic carbocycles. The zero-order valence-corrected chi connectivity index (χ0v) is 13.5. The van der Waals surface area contributed by atoms with Gasteiger partial charge in [0.2, 0.25) is 0 Å². The zero-order valence-electron chi connectivity index (χ0n) is 12.7. The summed E-state index contributed by atoms with van der Waals surface area (Å²) in [6, 6.07) is 12.0. The number of fused-ring (bicyclic) bond motifs is 1. The summed E-state index contributed by atoms with van der Waals surface area (Å²) in [7, 11) is 0. The van der Waals surface area contributed by atoms with E-state index < -0.39 is 17.2 Å². The highest BCUT2D eigenvalue weighted by Crippen LogP contribution is 2.54. The Morgan fingerprint density at radius 2 is 2.00 bits per heavy atom. The van der Waals surface area contributed by atoms with Crippen LogP contribution in [-0.2, 0) is 0 Å². The van der Waals surface area contributed by atoms with Crippen molar-refractivity contribution in [3.05, 3.63) is 58.6 Å². The molecular formula is C18H13FN4S. The predicted octanol–water partition coefficient (Wildman–Crippen LogP) is 2.98. The molecule has 1 heterocycles. The summed E-state index contributed by atoms with van der Waals surface area (Å²) in [5.74, 6) is 0.120. The van der Waals surface area contributed by atoms with Gasteiger partial charge in [0, 0.05) is 23.3 Å². The molecule has 24 heavy (non-hydrogen) atoms. The van der Waals surface area contributed by atoms with Crippen molar-refractivity contribution in [1.82, 2.24) is 0 Å². The Hall–Kier alpha value is -2.75. The van der Waals surface area contributed by atoms with Crippen molar-refractivity contribution in [2.45, 2.75) is 5.92 Å². The molecule has 0 amide bonds. The molecule has 1 aromatic rings. The lowest BCUT2D eigenvalue weighted by atomic mass is 9.59. The summed E-state index contributed by atoms with van der Waals surface area (Å²) in [5, 5.41) is 29.1. The SMILES string of the molecule is N#CC1=C(N)C(C#N)(C#N)[C@@H](c2cccc(F)c2)[C@H]2CSCC=C12. The minimum absolute atomic E-state index is 0.0290. The molecule has 118 valence electrons. The first-order valence-corrected chi connectivity index (χ1v) is 8.51. The Labute approximate surface area is 143 Å². The van der Waals surface area contributed by atoms with E-state index in [0.29, 0.717) is 11.3 Å². The van der Waals surface area contributed by atoms with Crippen LogP contribution in [-0.4, -0.2) is 11.5 Å². The first-order chi connectivity index (χ1) is 11.6. The number of halogens is 1. The smallest absolute Gasteiger partial charge is 0.191 e. The van der Waals surface area contributed by atoms with Crippen LogP contribution in [0.5, 0.6) is 0 Å². The molecule has 4 nitrogen and oxygen atoms in total. The van der Waals surface area contributed by atoms with Gasteiger partial charge in [-0.15, -0.1) is 0 Å². The number of thioether (sulfide) groups is 1. The summed E-state index contributed by atoms with van der Waals surface area (Å²) < 4.78 is 13.8. The second-order valence-electron chi connectivity index (χ2n) is 5.77. The van der Waals surface area contributed by atoms with Gasteiger partial charge in [0.15, 0.2) is 5.41 Å². The van der Waals surface area contributed by atoms with Crippen LogP contribution in [0.3, 0.4) is 0 Å². The van der Waals surface area contributed by atoms with Gasteiger partial charge < -0.3 is 5.73 Å². The van der Waals surface area contributed by atoms with E-state index in [0.717, 1.165) is 11.3 Å². The second kappa shape index (κ2) is 6.04. The Bertz CT molecular complexity index is 868. The van der Waals surface area contributed by atoms with Crippen molar-refractivity contribution < 1.29 is 4.39 Å². The standard InChI is InChI=1S/C18H13FN4S/c19-12-3-1-2-11(6-12)16-15-8-24-5-4-13(15)14(7-20)17(23)18(16,9-21)10-22/h1-4,6,15-16H,5,8,23H2/t15-,16-/m0/s1. The van der Waals surface area contributed by atoms with Gasteiger partial charge in [-0.1, -0.05) is 18.2 Å². The summed E-state index contributed by atoms with van der Waals surface area (Å²) in [6.45, 7) is 0. The molecule has 2 atom stereocenters. The number of rotatable bonds is 1. The van der Waals surface area contributed by atoms with Crippen LogP contribution in [0, 0.1) is 51.1 Å². The Morgan fingerprint density at radius 3 is 2.62 bits per heavy atom. The Kier molecular flexibility index (Phi) is 4.06. The fourth-order valence-corrected chi connectivity index (χ4v) is 4.62. The van der Waals surface area contributed by atoms with Crippen molar-refractivity contribution in [2.24, 2.45) is 17.1 Å². The van der Waals surface area contributed by atoms with E-state index >= 15 is 0 Å². The average molecular weight is 336 g/mol. The van der Waals surface area contributed by atoms with E-state index in [1.807, 2.05) is 18.2 Å². The van der Waals surface area contributed by atoms with Crippen LogP contribution in [0.4, 0.5) is 4.39 Å². The molecule has 0 radical (unpaired) electrons. The normalized spacial score (nSPS) is 24.8. The van der Waals surface area contributed by atoms with Crippen molar-refractivity contribution >= 4 is 11.8 Å². The lowest BCUT2D eigenvalue weighted by Gasteiger charge is -2.43. The molecule has 0 fully saturated rings. The van der Waals surface area contributed by atoms with E-state index in [-0.39, 0.29) is 17.2 Å². The van der Waals surface area contributed by atoms with Crippen LogP contribution in [0.15, 0.2) is 47.2 Å². The van der Waals surface area contributed by atoms with Gasteiger partial charge in [0.05, 0.1) is 23.4 Å². The number of benzene rings is 1. The largest absolute Gasteiger partial charge is 0.399 e. The van der Waals surface area contributed by atoms with Crippen LogP contribution in [0.25, 0.3) is 0 Å². The van der Waals surface area contributed by atoms with Crippen molar-refractivity contribution in [3.8, 4) is 18.2 Å². The maximum Gasteiger partial charge on any atom is 0.191 e. The van der Waals surface area contributed by atoms with E-state index in [9.17, 15) is 20.2 Å². The van der Waals surface area contributed by atoms with Crippen molar-refractivity contribution in [2.75, 3.05) is 11.5 Å². The van der Waals surface area contributed by atoms with E-state index in [1.165, 1.54) is 12.1 Å². The Morgan fingerprint density at radius 1 is 1.25 bits per heavy atom. The number of nitrogens with two attached hydrogens (primary N) is 1. The number of nitrogens with zero attached hydrogens (tertiary/aromatic N) is 3. The third kappa shape index (κ3) is 2.18. The molecule has 2 N–H and O–H groups in total. The molecule has 0 bridgehead atoms. The fourth-order valence-electron chi connectivity index (χ4n) is 3.56.